The van der Waals surface area contributed by atoms with Gasteiger partial charge in [-0.3, -0.25) is 14.3 Å². The first-order valence-corrected chi connectivity index (χ1v) is 9.60. The summed E-state index contributed by atoms with van der Waals surface area (Å²) in [5, 5.41) is 4.44. The van der Waals surface area contributed by atoms with Crippen molar-refractivity contribution in [1.82, 2.24) is 14.7 Å². The molecule has 0 atom stereocenters. The van der Waals surface area contributed by atoms with E-state index in [1.165, 1.54) is 0 Å². The van der Waals surface area contributed by atoms with E-state index < -0.39 is 0 Å². The molecule has 3 rings (SSSR count). The number of aldehydes is 1. The summed E-state index contributed by atoms with van der Waals surface area (Å²) in [6.45, 7) is 9.26. The van der Waals surface area contributed by atoms with Crippen LogP contribution in [0.25, 0.3) is 5.57 Å². The van der Waals surface area contributed by atoms with Gasteiger partial charge in [-0.15, -0.1) is 0 Å². The van der Waals surface area contributed by atoms with E-state index in [1.54, 1.807) is 13.1 Å². The third-order valence-corrected chi connectivity index (χ3v) is 5.18. The first-order valence-electron chi connectivity index (χ1n) is 9.60. The molecule has 6 nitrogen and oxygen atoms in total. The SMILES string of the molecule is CC(=O)N1CCC(COc2cccc(C)c2C=O)=C(c2ccnn2C(C)C)C1. The molecular formula is C22H27N3O3. The highest BCUT2D eigenvalue weighted by molar-refractivity contribution is 5.82. The summed E-state index contributed by atoms with van der Waals surface area (Å²) in [4.78, 5) is 25.2. The molecule has 28 heavy (non-hydrogen) atoms. The quantitative estimate of drug-likeness (QED) is 0.716. The van der Waals surface area contributed by atoms with E-state index in [0.29, 0.717) is 31.0 Å². The monoisotopic (exact) mass is 381 g/mol. The van der Waals surface area contributed by atoms with Crippen molar-refractivity contribution in [2.45, 2.75) is 40.2 Å². The summed E-state index contributed by atoms with van der Waals surface area (Å²) in [5.41, 5.74) is 4.70. The van der Waals surface area contributed by atoms with Gasteiger partial charge in [-0.05, 0) is 56.0 Å². The number of hydrogen-bond donors (Lipinski definition) is 0. The molecule has 0 bridgehead atoms. The molecule has 1 aromatic heterocycles. The van der Waals surface area contributed by atoms with Crippen molar-refractivity contribution in [2.24, 2.45) is 0 Å². The van der Waals surface area contributed by atoms with Crippen molar-refractivity contribution in [1.29, 1.82) is 0 Å². The minimum absolute atomic E-state index is 0.0648. The minimum atomic E-state index is 0.0648. The number of rotatable bonds is 6. The molecular weight excluding hydrogens is 354 g/mol. The zero-order valence-electron chi connectivity index (χ0n) is 16.9. The van der Waals surface area contributed by atoms with Gasteiger partial charge in [-0.1, -0.05) is 12.1 Å². The standard InChI is InChI=1S/C22H27N3O3/c1-15(2)25-21(8-10-23-25)19-12-24(17(4)27)11-9-18(19)14-28-22-7-5-6-16(3)20(22)13-26/h5-8,10,13,15H,9,11-12,14H2,1-4H3. The molecule has 0 N–H and O–H groups in total. The lowest BCUT2D eigenvalue weighted by atomic mass is 9.97. The van der Waals surface area contributed by atoms with Crippen LogP contribution in [0.1, 0.15) is 54.8 Å². The summed E-state index contributed by atoms with van der Waals surface area (Å²) in [6.07, 6.45) is 3.37. The van der Waals surface area contributed by atoms with Crippen molar-refractivity contribution in [2.75, 3.05) is 19.7 Å². The van der Waals surface area contributed by atoms with Crippen molar-refractivity contribution in [3.63, 3.8) is 0 Å². The topological polar surface area (TPSA) is 64.4 Å². The predicted molar refractivity (Wildman–Crippen MR) is 108 cm³/mol. The van der Waals surface area contributed by atoms with Crippen LogP contribution in [-0.4, -0.2) is 46.6 Å². The van der Waals surface area contributed by atoms with Crippen LogP contribution < -0.4 is 4.74 Å². The van der Waals surface area contributed by atoms with Crippen molar-refractivity contribution in [3.05, 3.63) is 52.9 Å². The van der Waals surface area contributed by atoms with Crippen molar-refractivity contribution >= 4 is 17.8 Å². The number of aryl methyl sites for hydroxylation is 1. The van der Waals surface area contributed by atoms with Crippen LogP contribution in [0.5, 0.6) is 5.75 Å². The fourth-order valence-electron chi connectivity index (χ4n) is 3.55. The van der Waals surface area contributed by atoms with Crippen LogP contribution in [0.3, 0.4) is 0 Å². The molecule has 1 aliphatic rings. The van der Waals surface area contributed by atoms with Crippen molar-refractivity contribution < 1.29 is 14.3 Å². The normalized spacial score (nSPS) is 14.5. The summed E-state index contributed by atoms with van der Waals surface area (Å²) < 4.78 is 8.03. The summed E-state index contributed by atoms with van der Waals surface area (Å²) in [7, 11) is 0. The van der Waals surface area contributed by atoms with Gasteiger partial charge in [0, 0.05) is 32.3 Å². The molecule has 0 radical (unpaired) electrons. The number of aromatic nitrogens is 2. The third kappa shape index (κ3) is 4.01. The van der Waals surface area contributed by atoms with E-state index in [4.69, 9.17) is 4.74 Å². The fourth-order valence-corrected chi connectivity index (χ4v) is 3.55. The number of ether oxygens (including phenoxy) is 1. The van der Waals surface area contributed by atoms with E-state index in [9.17, 15) is 9.59 Å². The molecule has 2 aromatic rings. The Morgan fingerprint density at radius 3 is 2.79 bits per heavy atom. The molecule has 0 aliphatic carbocycles. The number of hydrogen-bond acceptors (Lipinski definition) is 4. The minimum Gasteiger partial charge on any atom is -0.488 e. The Kier molecular flexibility index (Phi) is 5.97. The van der Waals surface area contributed by atoms with Crippen LogP contribution in [0.4, 0.5) is 0 Å². The average molecular weight is 381 g/mol. The Balaban J connectivity index is 1.95. The lowest BCUT2D eigenvalue weighted by Gasteiger charge is -2.31. The Hall–Kier alpha value is -2.89. The summed E-state index contributed by atoms with van der Waals surface area (Å²) in [6, 6.07) is 7.81. The van der Waals surface area contributed by atoms with E-state index in [0.717, 1.165) is 35.1 Å². The van der Waals surface area contributed by atoms with Gasteiger partial charge < -0.3 is 9.64 Å². The molecule has 6 heteroatoms. The Morgan fingerprint density at radius 1 is 1.32 bits per heavy atom. The fraction of sp³-hybridized carbons (Fsp3) is 0.409. The van der Waals surface area contributed by atoms with E-state index in [-0.39, 0.29) is 11.9 Å². The molecule has 1 aliphatic heterocycles. The molecule has 0 unspecified atom stereocenters. The van der Waals surface area contributed by atoms with E-state index in [2.05, 4.69) is 18.9 Å². The van der Waals surface area contributed by atoms with Gasteiger partial charge in [-0.2, -0.15) is 5.10 Å². The largest absolute Gasteiger partial charge is 0.488 e. The van der Waals surface area contributed by atoms with Gasteiger partial charge in [0.25, 0.3) is 0 Å². The second kappa shape index (κ2) is 8.42. The molecule has 0 fully saturated rings. The highest BCUT2D eigenvalue weighted by atomic mass is 16.5. The van der Waals surface area contributed by atoms with Gasteiger partial charge in [0.1, 0.15) is 12.4 Å². The van der Waals surface area contributed by atoms with E-state index >= 15 is 0 Å². The molecule has 148 valence electrons. The van der Waals surface area contributed by atoms with Crippen LogP contribution in [-0.2, 0) is 4.79 Å². The summed E-state index contributed by atoms with van der Waals surface area (Å²) >= 11 is 0. The molecule has 0 spiro atoms. The maximum Gasteiger partial charge on any atom is 0.219 e. The Labute approximate surface area is 165 Å². The molecule has 1 amide bonds. The number of amides is 1. The van der Waals surface area contributed by atoms with Crippen molar-refractivity contribution in [3.8, 4) is 5.75 Å². The van der Waals surface area contributed by atoms with E-state index in [1.807, 2.05) is 40.8 Å². The van der Waals surface area contributed by atoms with Crippen LogP contribution in [0.2, 0.25) is 0 Å². The lowest BCUT2D eigenvalue weighted by Crippen LogP contribution is -2.36. The average Bonchev–Trinajstić information content (AvgIpc) is 3.16. The number of carbonyl (C=O) groups is 2. The predicted octanol–water partition coefficient (Wildman–Crippen LogP) is 3.67. The first kappa shape index (κ1) is 19.9. The highest BCUT2D eigenvalue weighted by Gasteiger charge is 2.25. The Morgan fingerprint density at radius 2 is 2.11 bits per heavy atom. The van der Waals surface area contributed by atoms with Crippen LogP contribution >= 0.6 is 0 Å². The second-order valence-electron chi connectivity index (χ2n) is 7.42. The number of benzene rings is 1. The lowest BCUT2D eigenvalue weighted by molar-refractivity contribution is -0.128. The van der Waals surface area contributed by atoms with Crippen LogP contribution in [0, 0.1) is 6.92 Å². The second-order valence-corrected chi connectivity index (χ2v) is 7.42. The zero-order valence-corrected chi connectivity index (χ0v) is 16.9. The maximum atomic E-state index is 12.0. The molecule has 0 saturated carbocycles. The van der Waals surface area contributed by atoms with Gasteiger partial charge in [-0.25, -0.2) is 0 Å². The maximum absolute atomic E-state index is 12.0. The van der Waals surface area contributed by atoms with Gasteiger partial charge in [0.05, 0.1) is 11.3 Å². The smallest absolute Gasteiger partial charge is 0.219 e. The van der Waals surface area contributed by atoms with Gasteiger partial charge >= 0.3 is 0 Å². The third-order valence-electron chi connectivity index (χ3n) is 5.18. The van der Waals surface area contributed by atoms with Gasteiger partial charge in [0.2, 0.25) is 5.91 Å². The number of nitrogens with zero attached hydrogens (tertiary/aromatic N) is 3. The summed E-state index contributed by atoms with van der Waals surface area (Å²) in [5.74, 6) is 0.656. The van der Waals surface area contributed by atoms with Crippen LogP contribution in [0.15, 0.2) is 36.0 Å². The highest BCUT2D eigenvalue weighted by Crippen LogP contribution is 2.29. The molecule has 1 aromatic carbocycles. The first-order chi connectivity index (χ1) is 13.4. The van der Waals surface area contributed by atoms with Gasteiger partial charge in [0.15, 0.2) is 6.29 Å². The molecule has 2 heterocycles. The number of carbonyl (C=O) groups excluding carboxylic acids is 2. The Bertz CT molecular complexity index is 912. The zero-order chi connectivity index (χ0) is 20.3. The molecule has 0 saturated heterocycles.